The van der Waals surface area contributed by atoms with Crippen LogP contribution in [0.3, 0.4) is 0 Å². The van der Waals surface area contributed by atoms with Crippen molar-refractivity contribution in [2.75, 3.05) is 6.61 Å². The minimum absolute atomic E-state index is 0.0166. The summed E-state index contributed by atoms with van der Waals surface area (Å²) in [4.78, 5) is 33.2. The third-order valence-electron chi connectivity index (χ3n) is 4.57. The summed E-state index contributed by atoms with van der Waals surface area (Å²) in [5.74, 6) is -2.45. The predicted molar refractivity (Wildman–Crippen MR) is 111 cm³/mol. The molecule has 0 radical (unpaired) electrons. The first-order chi connectivity index (χ1) is 13.5. The maximum absolute atomic E-state index is 11.8. The highest BCUT2D eigenvalue weighted by molar-refractivity contribution is 6.33. The van der Waals surface area contributed by atoms with Gasteiger partial charge in [0.1, 0.15) is 5.60 Å². The van der Waals surface area contributed by atoms with Gasteiger partial charge in [-0.1, -0.05) is 44.9 Å². The number of ether oxygens (including phenoxy) is 2. The number of aliphatic carboxylic acids is 1. The number of nitrogens with one attached hydrogen (secondary N) is 1. The topological polar surface area (TPSA) is 140 Å². The average molecular weight is 415 g/mol. The predicted octanol–water partition coefficient (Wildman–Crippen LogP) is 3.66. The lowest BCUT2D eigenvalue weighted by atomic mass is 9.84. The molecular weight excluding hydrogens is 376 g/mol. The number of carbonyl (C=O) groups excluding carboxylic acids is 2. The smallest absolute Gasteiger partial charge is 0.373 e. The van der Waals surface area contributed by atoms with Crippen molar-refractivity contribution in [2.24, 2.45) is 17.6 Å². The maximum Gasteiger partial charge on any atom is 0.373 e. The molecule has 8 nitrogen and oxygen atoms in total. The van der Waals surface area contributed by atoms with Crippen molar-refractivity contribution in [1.29, 1.82) is 5.41 Å². The molecule has 0 spiro atoms. The summed E-state index contributed by atoms with van der Waals surface area (Å²) in [5.41, 5.74) is 4.18. The molecule has 8 heteroatoms. The molecule has 0 aromatic heterocycles. The fourth-order valence-electron chi connectivity index (χ4n) is 3.23. The number of carboxylic acid groups (broad SMARTS) is 1. The third kappa shape index (κ3) is 14.5. The monoisotopic (exact) mass is 414 g/mol. The molecule has 1 aliphatic rings. The van der Waals surface area contributed by atoms with Crippen molar-refractivity contribution >= 4 is 23.7 Å². The van der Waals surface area contributed by atoms with Crippen LogP contribution in [0.25, 0.3) is 0 Å². The number of esters is 2. The molecule has 0 amide bonds. The van der Waals surface area contributed by atoms with Crippen LogP contribution in [-0.2, 0) is 23.9 Å². The molecular formula is C21H38N2O6. The van der Waals surface area contributed by atoms with Crippen LogP contribution in [0.2, 0.25) is 0 Å². The van der Waals surface area contributed by atoms with E-state index in [1.807, 2.05) is 0 Å². The van der Waals surface area contributed by atoms with E-state index in [1.165, 1.54) is 32.1 Å². The van der Waals surface area contributed by atoms with Gasteiger partial charge in [-0.25, -0.2) is 4.79 Å². The zero-order valence-corrected chi connectivity index (χ0v) is 18.3. The Balaban J connectivity index is 0.000000828. The van der Waals surface area contributed by atoms with E-state index in [4.69, 9.17) is 15.9 Å². The van der Waals surface area contributed by atoms with Gasteiger partial charge in [0, 0.05) is 0 Å². The molecule has 0 heterocycles. The molecule has 0 aliphatic heterocycles. The zero-order chi connectivity index (χ0) is 22.4. The van der Waals surface area contributed by atoms with Gasteiger partial charge < -0.3 is 20.3 Å². The van der Waals surface area contributed by atoms with Crippen LogP contribution in [-0.4, -0.2) is 41.1 Å². The largest absolute Gasteiger partial charge is 0.481 e. The van der Waals surface area contributed by atoms with Crippen LogP contribution in [0.15, 0.2) is 0 Å². The molecule has 1 saturated carbocycles. The van der Waals surface area contributed by atoms with Gasteiger partial charge in [0.15, 0.2) is 0 Å². The Bertz CT molecular complexity index is 536. The number of carboxylic acids is 1. The van der Waals surface area contributed by atoms with E-state index in [0.29, 0.717) is 6.42 Å². The fraction of sp³-hybridized carbons (Fsp3) is 0.810. The molecule has 0 unspecified atom stereocenters. The van der Waals surface area contributed by atoms with Gasteiger partial charge in [-0.2, -0.15) is 0 Å². The molecule has 0 saturated heterocycles. The molecule has 1 atom stereocenters. The van der Waals surface area contributed by atoms with Crippen molar-refractivity contribution in [3.8, 4) is 0 Å². The Hall–Kier alpha value is -2.12. The summed E-state index contributed by atoms with van der Waals surface area (Å²) >= 11 is 0. The summed E-state index contributed by atoms with van der Waals surface area (Å²) in [5, 5.41) is 15.8. The first-order valence-corrected chi connectivity index (χ1v) is 10.4. The molecule has 1 rings (SSSR count). The summed E-state index contributed by atoms with van der Waals surface area (Å²) in [7, 11) is 0. The van der Waals surface area contributed by atoms with E-state index in [9.17, 15) is 19.5 Å². The summed E-state index contributed by atoms with van der Waals surface area (Å²) < 4.78 is 9.53. The van der Waals surface area contributed by atoms with Crippen LogP contribution in [0, 0.1) is 17.2 Å². The van der Waals surface area contributed by atoms with Gasteiger partial charge in [-0.15, -0.1) is 0 Å². The maximum atomic E-state index is 11.8. The van der Waals surface area contributed by atoms with E-state index in [-0.39, 0.29) is 13.0 Å². The Morgan fingerprint density at radius 1 is 1.17 bits per heavy atom. The average Bonchev–Trinajstić information content (AvgIpc) is 2.60. The summed E-state index contributed by atoms with van der Waals surface area (Å²) in [6.07, 6.45) is 9.07. The van der Waals surface area contributed by atoms with Crippen molar-refractivity contribution < 1.29 is 29.0 Å². The molecule has 1 aliphatic carbocycles. The van der Waals surface area contributed by atoms with E-state index < -0.39 is 35.3 Å². The number of hydrogen-bond donors (Lipinski definition) is 3. The minimum atomic E-state index is -0.885. The SMILES string of the molecule is CC(C)(C)OC(=O)C[C@@H](CCCC1CCCCC1)C(=O)O.CCOC(=O)C(=N)N. The van der Waals surface area contributed by atoms with Crippen molar-refractivity contribution in [3.63, 3.8) is 0 Å². The van der Waals surface area contributed by atoms with Gasteiger partial charge in [-0.05, 0) is 40.0 Å². The Labute approximate surface area is 174 Å². The highest BCUT2D eigenvalue weighted by Gasteiger charge is 2.25. The van der Waals surface area contributed by atoms with Gasteiger partial charge >= 0.3 is 17.9 Å². The lowest BCUT2D eigenvalue weighted by molar-refractivity contribution is -0.160. The highest BCUT2D eigenvalue weighted by Crippen LogP contribution is 2.29. The van der Waals surface area contributed by atoms with Crippen LogP contribution in [0.5, 0.6) is 0 Å². The molecule has 0 aromatic rings. The summed E-state index contributed by atoms with van der Waals surface area (Å²) in [6.45, 7) is 7.30. The van der Waals surface area contributed by atoms with Crippen molar-refractivity contribution in [3.05, 3.63) is 0 Å². The first-order valence-electron chi connectivity index (χ1n) is 10.4. The van der Waals surface area contributed by atoms with E-state index in [0.717, 1.165) is 18.8 Å². The third-order valence-corrected chi connectivity index (χ3v) is 4.57. The lowest BCUT2D eigenvalue weighted by Gasteiger charge is -2.23. The number of nitrogens with two attached hydrogens (primary N) is 1. The molecule has 168 valence electrons. The lowest BCUT2D eigenvalue weighted by Crippen LogP contribution is -2.27. The van der Waals surface area contributed by atoms with Crippen LogP contribution < -0.4 is 5.73 Å². The van der Waals surface area contributed by atoms with E-state index in [2.05, 4.69) is 4.74 Å². The van der Waals surface area contributed by atoms with Crippen molar-refractivity contribution in [1.82, 2.24) is 0 Å². The molecule has 1 fully saturated rings. The summed E-state index contributed by atoms with van der Waals surface area (Å²) in [6, 6.07) is 0. The van der Waals surface area contributed by atoms with Gasteiger partial charge in [0.05, 0.1) is 18.9 Å². The van der Waals surface area contributed by atoms with Crippen LogP contribution >= 0.6 is 0 Å². The van der Waals surface area contributed by atoms with Gasteiger partial charge in [-0.3, -0.25) is 15.0 Å². The van der Waals surface area contributed by atoms with E-state index >= 15 is 0 Å². The Kier molecular flexibility index (Phi) is 12.9. The Morgan fingerprint density at radius 2 is 1.76 bits per heavy atom. The van der Waals surface area contributed by atoms with Crippen LogP contribution in [0.4, 0.5) is 0 Å². The second kappa shape index (κ2) is 14.0. The minimum Gasteiger partial charge on any atom is -0.481 e. The number of amidine groups is 1. The second-order valence-electron chi connectivity index (χ2n) is 8.39. The zero-order valence-electron chi connectivity index (χ0n) is 18.3. The van der Waals surface area contributed by atoms with Gasteiger partial charge in [0.25, 0.3) is 0 Å². The number of hydrogen-bond acceptors (Lipinski definition) is 6. The number of rotatable bonds is 8. The van der Waals surface area contributed by atoms with Crippen LogP contribution in [0.1, 0.15) is 85.5 Å². The Morgan fingerprint density at radius 3 is 2.17 bits per heavy atom. The fourth-order valence-corrected chi connectivity index (χ4v) is 3.23. The molecule has 4 N–H and O–H groups in total. The first kappa shape index (κ1) is 26.9. The standard InChI is InChI=1S/C17H30O4.C4H8N2O2/c1-17(2,3)21-15(18)12-14(16(19)20)11-7-10-13-8-5-4-6-9-13;1-2-8-4(7)3(5)6/h13-14H,4-12H2,1-3H3,(H,19,20);2H2,1H3,(H3,5,6)/t14-;/m1./s1. The molecule has 0 aromatic carbocycles. The van der Waals surface area contributed by atoms with E-state index in [1.54, 1.807) is 27.7 Å². The normalized spacial score (nSPS) is 15.4. The quantitative estimate of drug-likeness (QED) is 0.313. The van der Waals surface area contributed by atoms with Crippen molar-refractivity contribution in [2.45, 2.75) is 91.1 Å². The molecule has 29 heavy (non-hydrogen) atoms. The second-order valence-corrected chi connectivity index (χ2v) is 8.39. The highest BCUT2D eigenvalue weighted by atomic mass is 16.6. The molecule has 0 bridgehead atoms. The number of carbonyl (C=O) groups is 3. The van der Waals surface area contributed by atoms with Gasteiger partial charge in [0.2, 0.25) is 5.84 Å².